The number of nitrogens with zero attached hydrogens (tertiary/aromatic N) is 2. The summed E-state index contributed by atoms with van der Waals surface area (Å²) in [6.45, 7) is 6.32. The minimum Gasteiger partial charge on any atom is -0.331 e. The number of imidazole rings is 1. The fourth-order valence-electron chi connectivity index (χ4n) is 0.764. The van der Waals surface area contributed by atoms with E-state index in [1.165, 1.54) is 0 Å². The van der Waals surface area contributed by atoms with Gasteiger partial charge in [0, 0.05) is 11.7 Å². The van der Waals surface area contributed by atoms with Crippen LogP contribution >= 0.6 is 0 Å². The maximum Gasteiger partial charge on any atom is 0.130 e. The molecule has 2 heteroatoms. The molecule has 0 N–H and O–H groups in total. The molecule has 0 aromatic carbocycles. The van der Waals surface area contributed by atoms with Crippen molar-refractivity contribution < 1.29 is 0 Å². The van der Waals surface area contributed by atoms with Crippen molar-refractivity contribution in [2.24, 2.45) is 0 Å². The number of rotatable bonds is 0. The molecular formula is C9H12N2. The maximum atomic E-state index is 5.18. The van der Waals surface area contributed by atoms with Crippen LogP contribution in [-0.2, 0) is 5.54 Å². The Hall–Kier alpha value is -1.23. The van der Waals surface area contributed by atoms with Gasteiger partial charge in [-0.25, -0.2) is 4.98 Å². The van der Waals surface area contributed by atoms with Crippen LogP contribution < -0.4 is 0 Å². The Balaban J connectivity index is 3.01. The zero-order valence-electron chi connectivity index (χ0n) is 7.13. The lowest BCUT2D eigenvalue weighted by Crippen LogP contribution is -2.19. The van der Waals surface area contributed by atoms with E-state index in [1.54, 1.807) is 6.33 Å². The first-order chi connectivity index (χ1) is 5.04. The van der Waals surface area contributed by atoms with E-state index in [1.807, 2.05) is 10.8 Å². The number of aromatic nitrogens is 2. The van der Waals surface area contributed by atoms with Crippen molar-refractivity contribution in [2.75, 3.05) is 0 Å². The van der Waals surface area contributed by atoms with Crippen LogP contribution in [0.5, 0.6) is 0 Å². The highest BCUT2D eigenvalue weighted by atomic mass is 15.1. The summed E-state index contributed by atoms with van der Waals surface area (Å²) in [6.07, 6.45) is 8.81. The Morgan fingerprint density at radius 1 is 1.55 bits per heavy atom. The summed E-state index contributed by atoms with van der Waals surface area (Å²) in [5.41, 5.74) is 0.766. The van der Waals surface area contributed by atoms with Gasteiger partial charge in [-0.15, -0.1) is 6.42 Å². The van der Waals surface area contributed by atoms with Crippen LogP contribution in [0, 0.1) is 12.3 Å². The fraction of sp³-hybridized carbons (Fsp3) is 0.444. The molecule has 1 aromatic rings. The molecule has 58 valence electrons. The lowest BCUT2D eigenvalue weighted by Gasteiger charge is -2.19. The Labute approximate surface area is 67.3 Å². The standard InChI is InChI=1S/C9H12N2/c1-5-8-6-11(7-10-8)9(2,3)4/h1,6-7H,2-4H3. The highest BCUT2D eigenvalue weighted by Gasteiger charge is 2.11. The summed E-state index contributed by atoms with van der Waals surface area (Å²) in [7, 11) is 0. The molecule has 0 bridgehead atoms. The molecule has 0 saturated heterocycles. The van der Waals surface area contributed by atoms with E-state index < -0.39 is 0 Å². The molecule has 0 aliphatic carbocycles. The second kappa shape index (κ2) is 2.43. The second-order valence-electron chi connectivity index (χ2n) is 3.48. The maximum absolute atomic E-state index is 5.18. The molecule has 0 spiro atoms. The molecule has 0 aliphatic rings. The second-order valence-corrected chi connectivity index (χ2v) is 3.48. The molecule has 0 amide bonds. The van der Waals surface area contributed by atoms with Crippen LogP contribution in [0.4, 0.5) is 0 Å². The van der Waals surface area contributed by atoms with E-state index in [9.17, 15) is 0 Å². The predicted octanol–water partition coefficient (Wildman–Crippen LogP) is 1.62. The molecule has 1 heterocycles. The van der Waals surface area contributed by atoms with Crippen LogP contribution in [0.25, 0.3) is 0 Å². The van der Waals surface area contributed by atoms with E-state index >= 15 is 0 Å². The fourth-order valence-corrected chi connectivity index (χ4v) is 0.764. The zero-order valence-corrected chi connectivity index (χ0v) is 7.13. The van der Waals surface area contributed by atoms with Gasteiger partial charge in [0.1, 0.15) is 5.69 Å². The first-order valence-corrected chi connectivity index (χ1v) is 3.55. The molecule has 2 nitrogen and oxygen atoms in total. The van der Waals surface area contributed by atoms with Crippen molar-refractivity contribution in [3.8, 4) is 12.3 Å². The normalized spacial score (nSPS) is 11.1. The minimum atomic E-state index is 0.0715. The monoisotopic (exact) mass is 148 g/mol. The molecule has 0 fully saturated rings. The highest BCUT2D eigenvalue weighted by molar-refractivity contribution is 5.21. The number of hydrogen-bond acceptors (Lipinski definition) is 1. The molecular weight excluding hydrogens is 136 g/mol. The van der Waals surface area contributed by atoms with E-state index in [4.69, 9.17) is 6.42 Å². The van der Waals surface area contributed by atoms with Gasteiger partial charge in [0.2, 0.25) is 0 Å². The van der Waals surface area contributed by atoms with Crippen LogP contribution in [0.15, 0.2) is 12.5 Å². The van der Waals surface area contributed by atoms with Crippen molar-refractivity contribution in [1.82, 2.24) is 9.55 Å². The van der Waals surface area contributed by atoms with Crippen molar-refractivity contribution in [3.05, 3.63) is 18.2 Å². The Morgan fingerprint density at radius 2 is 2.18 bits per heavy atom. The Kier molecular flexibility index (Phi) is 1.74. The summed E-state index contributed by atoms with van der Waals surface area (Å²) in [6, 6.07) is 0. The predicted molar refractivity (Wildman–Crippen MR) is 45.2 cm³/mol. The molecule has 0 aliphatic heterocycles. The molecule has 0 unspecified atom stereocenters. The van der Waals surface area contributed by atoms with Crippen LogP contribution in [0.2, 0.25) is 0 Å². The van der Waals surface area contributed by atoms with Gasteiger partial charge in [0.15, 0.2) is 0 Å². The Bertz CT molecular complexity index is 283. The van der Waals surface area contributed by atoms with Gasteiger partial charge in [-0.2, -0.15) is 0 Å². The molecule has 0 saturated carbocycles. The topological polar surface area (TPSA) is 17.8 Å². The summed E-state index contributed by atoms with van der Waals surface area (Å²) >= 11 is 0. The first-order valence-electron chi connectivity index (χ1n) is 3.55. The lowest BCUT2D eigenvalue weighted by molar-refractivity contribution is 0.396. The van der Waals surface area contributed by atoms with Gasteiger partial charge in [-0.1, -0.05) is 0 Å². The van der Waals surface area contributed by atoms with Gasteiger partial charge < -0.3 is 4.57 Å². The highest BCUT2D eigenvalue weighted by Crippen LogP contribution is 2.12. The SMILES string of the molecule is C#Cc1cn(C(C)(C)C)cn1. The molecule has 0 atom stereocenters. The van der Waals surface area contributed by atoms with Gasteiger partial charge >= 0.3 is 0 Å². The third-order valence-electron chi connectivity index (χ3n) is 1.51. The van der Waals surface area contributed by atoms with Gasteiger partial charge in [-0.3, -0.25) is 0 Å². The van der Waals surface area contributed by atoms with Crippen LogP contribution in [0.1, 0.15) is 26.5 Å². The minimum absolute atomic E-state index is 0.0715. The summed E-state index contributed by atoms with van der Waals surface area (Å²) < 4.78 is 2.00. The molecule has 1 aromatic heterocycles. The lowest BCUT2D eigenvalue weighted by atomic mass is 10.1. The van der Waals surface area contributed by atoms with Crippen molar-refractivity contribution in [1.29, 1.82) is 0 Å². The van der Waals surface area contributed by atoms with E-state index in [0.717, 1.165) is 0 Å². The summed E-state index contributed by atoms with van der Waals surface area (Å²) in [5.74, 6) is 2.49. The summed E-state index contributed by atoms with van der Waals surface area (Å²) in [5, 5.41) is 0. The average Bonchev–Trinajstić information content (AvgIpc) is 2.32. The first kappa shape index (κ1) is 7.87. The van der Waals surface area contributed by atoms with Crippen LogP contribution in [-0.4, -0.2) is 9.55 Å². The molecule has 1 rings (SSSR count). The van der Waals surface area contributed by atoms with Gasteiger partial charge in [0.25, 0.3) is 0 Å². The Morgan fingerprint density at radius 3 is 2.45 bits per heavy atom. The van der Waals surface area contributed by atoms with E-state index in [0.29, 0.717) is 5.69 Å². The number of hydrogen-bond donors (Lipinski definition) is 0. The van der Waals surface area contributed by atoms with Gasteiger partial charge in [0.05, 0.1) is 6.33 Å². The smallest absolute Gasteiger partial charge is 0.130 e. The van der Waals surface area contributed by atoms with Crippen molar-refractivity contribution in [2.45, 2.75) is 26.3 Å². The zero-order chi connectivity index (χ0) is 8.48. The summed E-state index contributed by atoms with van der Waals surface area (Å²) in [4.78, 5) is 4.03. The van der Waals surface area contributed by atoms with E-state index in [-0.39, 0.29) is 5.54 Å². The van der Waals surface area contributed by atoms with E-state index in [2.05, 4.69) is 31.7 Å². The molecule has 0 radical (unpaired) electrons. The average molecular weight is 148 g/mol. The van der Waals surface area contributed by atoms with Gasteiger partial charge in [-0.05, 0) is 26.7 Å². The van der Waals surface area contributed by atoms with Crippen LogP contribution in [0.3, 0.4) is 0 Å². The molecule has 11 heavy (non-hydrogen) atoms. The largest absolute Gasteiger partial charge is 0.331 e. The third-order valence-corrected chi connectivity index (χ3v) is 1.51. The van der Waals surface area contributed by atoms with Crippen molar-refractivity contribution in [3.63, 3.8) is 0 Å². The third kappa shape index (κ3) is 1.62. The number of terminal acetylenes is 1. The van der Waals surface area contributed by atoms with Crippen molar-refractivity contribution >= 4 is 0 Å². The quantitative estimate of drug-likeness (QED) is 0.511.